The third-order valence-electron chi connectivity index (χ3n) is 3.57. The summed E-state index contributed by atoms with van der Waals surface area (Å²) in [5.41, 5.74) is 0. The summed E-state index contributed by atoms with van der Waals surface area (Å²) in [7, 11) is 0. The Bertz CT molecular complexity index is 191. The molecule has 0 N–H and O–H groups in total. The Kier molecular flexibility index (Phi) is 12.4. The summed E-state index contributed by atoms with van der Waals surface area (Å²) in [5, 5.41) is 0. The number of halogens is 1. The van der Waals surface area contributed by atoms with Crippen LogP contribution in [-0.4, -0.2) is 17.9 Å². The van der Waals surface area contributed by atoms with E-state index in [-0.39, 0.29) is 0 Å². The Morgan fingerprint density at radius 1 is 0.842 bits per heavy atom. The van der Waals surface area contributed by atoms with Crippen molar-refractivity contribution >= 4 is 15.9 Å². The fraction of sp³-hybridized carbons (Fsp3) is 1.00. The molecule has 2 nitrogen and oxygen atoms in total. The average molecular weight is 337 g/mol. The van der Waals surface area contributed by atoms with Gasteiger partial charge in [-0.05, 0) is 42.6 Å². The van der Waals surface area contributed by atoms with Gasteiger partial charge in [0.25, 0.3) is 0 Å². The van der Waals surface area contributed by atoms with Crippen molar-refractivity contribution in [3.63, 3.8) is 0 Å². The average Bonchev–Trinajstić information content (AvgIpc) is 2.38. The molecule has 116 valence electrons. The summed E-state index contributed by atoms with van der Waals surface area (Å²) in [4.78, 5) is 0. The van der Waals surface area contributed by atoms with Gasteiger partial charge in [-0.3, -0.25) is 0 Å². The van der Waals surface area contributed by atoms with Crippen molar-refractivity contribution in [2.75, 3.05) is 13.2 Å². The van der Waals surface area contributed by atoms with Crippen LogP contribution in [0.1, 0.15) is 79.1 Å². The van der Waals surface area contributed by atoms with Gasteiger partial charge in [0.2, 0.25) is 4.70 Å². The molecule has 0 amide bonds. The summed E-state index contributed by atoms with van der Waals surface area (Å²) in [6.45, 7) is 9.88. The second kappa shape index (κ2) is 12.2. The summed E-state index contributed by atoms with van der Waals surface area (Å²) < 4.78 is 11.1. The Morgan fingerprint density at radius 3 is 1.84 bits per heavy atom. The van der Waals surface area contributed by atoms with Gasteiger partial charge in [0.1, 0.15) is 0 Å². The zero-order chi connectivity index (χ0) is 14.6. The molecule has 0 heterocycles. The van der Waals surface area contributed by atoms with Crippen molar-refractivity contribution in [3.05, 3.63) is 0 Å². The van der Waals surface area contributed by atoms with Crippen molar-refractivity contribution < 1.29 is 9.47 Å². The van der Waals surface area contributed by atoms with Crippen molar-refractivity contribution in [1.82, 2.24) is 0 Å². The maximum absolute atomic E-state index is 5.81. The SMILES string of the molecule is CCCCCCCCC(CC)C(Br)(OCC)OCC. The molecule has 0 fully saturated rings. The van der Waals surface area contributed by atoms with E-state index < -0.39 is 4.70 Å². The number of ether oxygens (including phenoxy) is 2. The molecule has 0 radical (unpaired) electrons. The van der Waals surface area contributed by atoms with Crippen LogP contribution >= 0.6 is 15.9 Å². The van der Waals surface area contributed by atoms with E-state index in [0.29, 0.717) is 19.1 Å². The molecule has 3 heteroatoms. The zero-order valence-corrected chi connectivity index (χ0v) is 14.9. The van der Waals surface area contributed by atoms with Gasteiger partial charge in [-0.2, -0.15) is 0 Å². The van der Waals surface area contributed by atoms with Gasteiger partial charge in [0.05, 0.1) is 0 Å². The van der Waals surface area contributed by atoms with Gasteiger partial charge in [0.15, 0.2) is 0 Å². The lowest BCUT2D eigenvalue weighted by molar-refractivity contribution is -0.193. The molecular formula is C16H33BrO2. The minimum atomic E-state index is -0.575. The van der Waals surface area contributed by atoms with Crippen molar-refractivity contribution in [1.29, 1.82) is 0 Å². The maximum atomic E-state index is 5.81. The molecule has 0 spiro atoms. The number of hydrogen-bond acceptors (Lipinski definition) is 2. The second-order valence-electron chi connectivity index (χ2n) is 5.11. The zero-order valence-electron chi connectivity index (χ0n) is 13.3. The van der Waals surface area contributed by atoms with E-state index >= 15 is 0 Å². The van der Waals surface area contributed by atoms with Gasteiger partial charge < -0.3 is 9.47 Å². The molecule has 1 unspecified atom stereocenters. The number of rotatable bonds is 13. The quantitative estimate of drug-likeness (QED) is 0.237. The Labute approximate surface area is 128 Å². The topological polar surface area (TPSA) is 18.5 Å². The van der Waals surface area contributed by atoms with E-state index in [1.165, 1.54) is 44.9 Å². The lowest BCUT2D eigenvalue weighted by atomic mass is 9.97. The third-order valence-corrected chi connectivity index (χ3v) is 4.67. The molecule has 0 saturated carbocycles. The predicted octanol–water partition coefficient (Wildman–Crippen LogP) is 5.88. The van der Waals surface area contributed by atoms with Crippen LogP contribution in [0.3, 0.4) is 0 Å². The lowest BCUT2D eigenvalue weighted by Crippen LogP contribution is -2.37. The van der Waals surface area contributed by atoms with Crippen LogP contribution in [0.15, 0.2) is 0 Å². The first kappa shape index (κ1) is 19.4. The molecule has 0 aliphatic rings. The van der Waals surface area contributed by atoms with E-state index in [4.69, 9.17) is 9.47 Å². The van der Waals surface area contributed by atoms with E-state index in [2.05, 4.69) is 29.8 Å². The largest absolute Gasteiger partial charge is 0.341 e. The Hall–Kier alpha value is 0.400. The van der Waals surface area contributed by atoms with E-state index in [1.54, 1.807) is 0 Å². The summed E-state index contributed by atoms with van der Waals surface area (Å²) in [6.07, 6.45) is 10.3. The van der Waals surface area contributed by atoms with Crippen LogP contribution in [0, 0.1) is 5.92 Å². The summed E-state index contributed by atoms with van der Waals surface area (Å²) in [5.74, 6) is 0.429. The van der Waals surface area contributed by atoms with E-state index in [0.717, 1.165) is 6.42 Å². The normalized spacial score (nSPS) is 13.7. The standard InChI is InChI=1S/C16H33BrO2/c1-5-9-10-11-12-13-14-15(6-2)16(17,18-7-3)19-8-4/h15H,5-14H2,1-4H3. The summed E-state index contributed by atoms with van der Waals surface area (Å²) >= 11 is 3.68. The van der Waals surface area contributed by atoms with Crippen LogP contribution in [0.5, 0.6) is 0 Å². The molecule has 0 aliphatic carbocycles. The highest BCUT2D eigenvalue weighted by molar-refractivity contribution is 9.10. The number of alkyl halides is 1. The van der Waals surface area contributed by atoms with Crippen LogP contribution in [0.4, 0.5) is 0 Å². The first-order chi connectivity index (χ1) is 9.14. The summed E-state index contributed by atoms with van der Waals surface area (Å²) in [6, 6.07) is 0. The van der Waals surface area contributed by atoms with E-state index in [9.17, 15) is 0 Å². The van der Waals surface area contributed by atoms with Gasteiger partial charge in [-0.25, -0.2) is 0 Å². The molecule has 0 aromatic carbocycles. The fourth-order valence-corrected chi connectivity index (χ4v) is 3.47. The first-order valence-corrected chi connectivity index (χ1v) is 8.90. The predicted molar refractivity (Wildman–Crippen MR) is 86.7 cm³/mol. The molecule has 0 aliphatic heterocycles. The highest BCUT2D eigenvalue weighted by atomic mass is 79.9. The van der Waals surface area contributed by atoms with Gasteiger partial charge in [-0.15, -0.1) is 0 Å². The molecule has 1 atom stereocenters. The highest BCUT2D eigenvalue weighted by Gasteiger charge is 2.36. The molecule has 0 aromatic heterocycles. The van der Waals surface area contributed by atoms with Gasteiger partial charge >= 0.3 is 0 Å². The smallest absolute Gasteiger partial charge is 0.229 e. The molecule has 0 saturated heterocycles. The van der Waals surface area contributed by atoms with Crippen LogP contribution in [0.25, 0.3) is 0 Å². The maximum Gasteiger partial charge on any atom is 0.229 e. The molecule has 0 rings (SSSR count). The molecule has 0 bridgehead atoms. The van der Waals surface area contributed by atoms with Crippen LogP contribution in [-0.2, 0) is 9.47 Å². The van der Waals surface area contributed by atoms with Gasteiger partial charge in [0, 0.05) is 19.1 Å². The van der Waals surface area contributed by atoms with Crippen LogP contribution < -0.4 is 0 Å². The second-order valence-corrected chi connectivity index (χ2v) is 6.22. The van der Waals surface area contributed by atoms with Crippen molar-refractivity contribution in [3.8, 4) is 0 Å². The monoisotopic (exact) mass is 336 g/mol. The third kappa shape index (κ3) is 8.31. The Morgan fingerprint density at radius 2 is 1.37 bits per heavy atom. The minimum absolute atomic E-state index is 0.429. The van der Waals surface area contributed by atoms with Crippen molar-refractivity contribution in [2.45, 2.75) is 83.8 Å². The minimum Gasteiger partial charge on any atom is -0.341 e. The lowest BCUT2D eigenvalue weighted by Gasteiger charge is -2.34. The molecule has 0 aromatic rings. The Balaban J connectivity index is 4.07. The van der Waals surface area contributed by atoms with E-state index in [1.807, 2.05) is 13.8 Å². The molecular weight excluding hydrogens is 304 g/mol. The number of unbranched alkanes of at least 4 members (excludes halogenated alkanes) is 5. The first-order valence-electron chi connectivity index (χ1n) is 8.11. The van der Waals surface area contributed by atoms with Crippen molar-refractivity contribution in [2.24, 2.45) is 5.92 Å². The van der Waals surface area contributed by atoms with Gasteiger partial charge in [-0.1, -0.05) is 52.4 Å². The highest BCUT2D eigenvalue weighted by Crippen LogP contribution is 2.36. The fourth-order valence-electron chi connectivity index (χ4n) is 2.46. The molecule has 19 heavy (non-hydrogen) atoms. The number of hydrogen-bond donors (Lipinski definition) is 0. The van der Waals surface area contributed by atoms with Crippen LogP contribution in [0.2, 0.25) is 0 Å².